The highest BCUT2D eigenvalue weighted by atomic mass is 16.2. The normalized spacial score (nSPS) is 11.7. The molecule has 0 fully saturated rings. The maximum absolute atomic E-state index is 12.0. The smallest absolute Gasteiger partial charge is 0.227 e. The predicted octanol–water partition coefficient (Wildman–Crippen LogP) is 2.72. The van der Waals surface area contributed by atoms with Gasteiger partial charge < -0.3 is 11.1 Å². The van der Waals surface area contributed by atoms with Crippen LogP contribution < -0.4 is 11.1 Å². The number of carbonyl (C=O) groups excluding carboxylic acids is 1. The first-order valence-electron chi connectivity index (χ1n) is 6.85. The summed E-state index contributed by atoms with van der Waals surface area (Å²) in [5.41, 5.74) is 8.78. The van der Waals surface area contributed by atoms with Gasteiger partial charge in [0.25, 0.3) is 0 Å². The van der Waals surface area contributed by atoms with E-state index >= 15 is 0 Å². The van der Waals surface area contributed by atoms with Gasteiger partial charge in [0, 0.05) is 13.1 Å². The maximum Gasteiger partial charge on any atom is 0.227 e. The molecule has 0 aliphatic rings. The summed E-state index contributed by atoms with van der Waals surface area (Å²) in [6.45, 7) is 11.0. The van der Waals surface area contributed by atoms with Gasteiger partial charge in [0.05, 0.1) is 5.41 Å². The van der Waals surface area contributed by atoms with Crippen LogP contribution in [0.2, 0.25) is 0 Å². The molecule has 0 spiro atoms. The van der Waals surface area contributed by atoms with Crippen molar-refractivity contribution in [2.45, 2.75) is 47.1 Å². The molecule has 0 aromatic heterocycles. The highest BCUT2D eigenvalue weighted by Gasteiger charge is 2.25. The molecule has 0 heterocycles. The number of benzene rings is 1. The standard InChI is InChI=1S/C16H26N2O/c1-11(2)13-7-6-12(3)14(8-13)9-18-15(19)16(4,5)10-17/h6-8,11H,9-10,17H2,1-5H3,(H,18,19). The van der Waals surface area contributed by atoms with Crippen molar-refractivity contribution >= 4 is 5.91 Å². The molecule has 0 saturated carbocycles. The molecule has 0 saturated heterocycles. The Balaban J connectivity index is 2.78. The van der Waals surface area contributed by atoms with Gasteiger partial charge in [0.1, 0.15) is 0 Å². The minimum absolute atomic E-state index is 0.00403. The van der Waals surface area contributed by atoms with Gasteiger partial charge in [0.2, 0.25) is 5.91 Å². The summed E-state index contributed by atoms with van der Waals surface area (Å²) in [5.74, 6) is 0.500. The average molecular weight is 262 g/mol. The molecule has 1 rings (SSSR count). The number of hydrogen-bond donors (Lipinski definition) is 2. The number of aryl methyl sites for hydroxylation is 1. The van der Waals surface area contributed by atoms with E-state index in [0.29, 0.717) is 19.0 Å². The fourth-order valence-corrected chi connectivity index (χ4v) is 1.75. The van der Waals surface area contributed by atoms with Crippen LogP contribution in [0.1, 0.15) is 50.3 Å². The highest BCUT2D eigenvalue weighted by molar-refractivity contribution is 5.82. The van der Waals surface area contributed by atoms with Gasteiger partial charge in [-0.3, -0.25) is 4.79 Å². The lowest BCUT2D eigenvalue weighted by Crippen LogP contribution is -2.41. The number of nitrogens with two attached hydrogens (primary N) is 1. The van der Waals surface area contributed by atoms with Crippen molar-refractivity contribution in [2.24, 2.45) is 11.1 Å². The van der Waals surface area contributed by atoms with E-state index in [-0.39, 0.29) is 5.91 Å². The van der Waals surface area contributed by atoms with Crippen molar-refractivity contribution in [3.63, 3.8) is 0 Å². The zero-order valence-corrected chi connectivity index (χ0v) is 12.7. The molecule has 0 atom stereocenters. The van der Waals surface area contributed by atoms with Gasteiger partial charge in [0.15, 0.2) is 0 Å². The largest absolute Gasteiger partial charge is 0.352 e. The van der Waals surface area contributed by atoms with Gasteiger partial charge in [-0.25, -0.2) is 0 Å². The molecule has 3 heteroatoms. The minimum atomic E-state index is -0.510. The Kier molecular flexibility index (Phi) is 5.12. The quantitative estimate of drug-likeness (QED) is 0.857. The van der Waals surface area contributed by atoms with Crippen molar-refractivity contribution in [1.29, 1.82) is 0 Å². The first kappa shape index (κ1) is 15.7. The third-order valence-corrected chi connectivity index (χ3v) is 3.60. The molecule has 3 nitrogen and oxygen atoms in total. The lowest BCUT2D eigenvalue weighted by atomic mass is 9.92. The Hall–Kier alpha value is -1.35. The fraction of sp³-hybridized carbons (Fsp3) is 0.562. The van der Waals surface area contributed by atoms with Crippen molar-refractivity contribution in [2.75, 3.05) is 6.54 Å². The molecule has 1 aromatic carbocycles. The van der Waals surface area contributed by atoms with Crippen LogP contribution in [0.3, 0.4) is 0 Å². The summed E-state index contributed by atoms with van der Waals surface area (Å²) in [6, 6.07) is 6.44. The molecule has 0 unspecified atom stereocenters. The second kappa shape index (κ2) is 6.20. The van der Waals surface area contributed by atoms with Crippen molar-refractivity contribution in [1.82, 2.24) is 5.32 Å². The topological polar surface area (TPSA) is 55.1 Å². The molecule has 0 radical (unpaired) electrons. The van der Waals surface area contributed by atoms with E-state index in [0.717, 1.165) is 0 Å². The van der Waals surface area contributed by atoms with E-state index in [4.69, 9.17) is 5.73 Å². The highest BCUT2D eigenvalue weighted by Crippen LogP contribution is 2.19. The summed E-state index contributed by atoms with van der Waals surface area (Å²) < 4.78 is 0. The number of hydrogen-bond acceptors (Lipinski definition) is 2. The van der Waals surface area contributed by atoms with E-state index in [1.54, 1.807) is 0 Å². The van der Waals surface area contributed by atoms with Crippen LogP contribution in [-0.4, -0.2) is 12.5 Å². The van der Waals surface area contributed by atoms with Crippen LogP contribution in [0, 0.1) is 12.3 Å². The van der Waals surface area contributed by atoms with Crippen LogP contribution in [0.5, 0.6) is 0 Å². The maximum atomic E-state index is 12.0. The van der Waals surface area contributed by atoms with Crippen LogP contribution in [0.4, 0.5) is 0 Å². The molecule has 3 N–H and O–H groups in total. The monoisotopic (exact) mass is 262 g/mol. The third kappa shape index (κ3) is 4.06. The fourth-order valence-electron chi connectivity index (χ4n) is 1.75. The van der Waals surface area contributed by atoms with Gasteiger partial charge in [-0.1, -0.05) is 32.0 Å². The zero-order chi connectivity index (χ0) is 14.6. The summed E-state index contributed by atoms with van der Waals surface area (Å²) in [7, 11) is 0. The van der Waals surface area contributed by atoms with Gasteiger partial charge in [-0.05, 0) is 43.4 Å². The number of rotatable bonds is 5. The second-order valence-electron chi connectivity index (χ2n) is 6.11. The molecule has 19 heavy (non-hydrogen) atoms. The van der Waals surface area contributed by atoms with Crippen LogP contribution in [0.25, 0.3) is 0 Å². The number of amides is 1. The van der Waals surface area contributed by atoms with Gasteiger partial charge in [-0.15, -0.1) is 0 Å². The first-order chi connectivity index (χ1) is 8.77. The lowest BCUT2D eigenvalue weighted by molar-refractivity contribution is -0.129. The molecule has 0 bridgehead atoms. The first-order valence-corrected chi connectivity index (χ1v) is 6.85. The zero-order valence-electron chi connectivity index (χ0n) is 12.7. The van der Waals surface area contributed by atoms with Crippen LogP contribution in [-0.2, 0) is 11.3 Å². The van der Waals surface area contributed by atoms with E-state index in [1.807, 2.05) is 13.8 Å². The van der Waals surface area contributed by atoms with Crippen LogP contribution >= 0.6 is 0 Å². The van der Waals surface area contributed by atoms with Crippen molar-refractivity contribution in [3.8, 4) is 0 Å². The Morgan fingerprint density at radius 2 is 2.00 bits per heavy atom. The molecule has 1 aromatic rings. The van der Waals surface area contributed by atoms with Gasteiger partial charge >= 0.3 is 0 Å². The third-order valence-electron chi connectivity index (χ3n) is 3.60. The lowest BCUT2D eigenvalue weighted by Gasteiger charge is -2.22. The minimum Gasteiger partial charge on any atom is -0.352 e. The van der Waals surface area contributed by atoms with E-state index in [2.05, 4.69) is 44.3 Å². The van der Waals surface area contributed by atoms with Crippen molar-refractivity contribution in [3.05, 3.63) is 34.9 Å². The molecular weight excluding hydrogens is 236 g/mol. The summed E-state index contributed by atoms with van der Waals surface area (Å²) in [5, 5.41) is 2.98. The van der Waals surface area contributed by atoms with Crippen LogP contribution in [0.15, 0.2) is 18.2 Å². The SMILES string of the molecule is Cc1ccc(C(C)C)cc1CNC(=O)C(C)(C)CN. The van der Waals surface area contributed by atoms with E-state index < -0.39 is 5.41 Å². The van der Waals surface area contributed by atoms with Gasteiger partial charge in [-0.2, -0.15) is 0 Å². The molecule has 106 valence electrons. The Bertz CT molecular complexity index is 450. The molecular formula is C16H26N2O. The number of carbonyl (C=O) groups is 1. The predicted molar refractivity (Wildman–Crippen MR) is 80.0 cm³/mol. The van der Waals surface area contributed by atoms with Crippen molar-refractivity contribution < 1.29 is 4.79 Å². The second-order valence-corrected chi connectivity index (χ2v) is 6.11. The van der Waals surface area contributed by atoms with E-state index in [1.165, 1.54) is 16.7 Å². The summed E-state index contributed by atoms with van der Waals surface area (Å²) in [4.78, 5) is 12.0. The molecule has 1 amide bonds. The Morgan fingerprint density at radius 3 is 2.53 bits per heavy atom. The van der Waals surface area contributed by atoms with E-state index in [9.17, 15) is 4.79 Å². The molecule has 0 aliphatic heterocycles. The molecule has 0 aliphatic carbocycles. The Morgan fingerprint density at radius 1 is 1.37 bits per heavy atom. The number of nitrogens with one attached hydrogen (secondary N) is 1. The Labute approximate surface area is 116 Å². The summed E-state index contributed by atoms with van der Waals surface area (Å²) in [6.07, 6.45) is 0. The summed E-state index contributed by atoms with van der Waals surface area (Å²) >= 11 is 0. The average Bonchev–Trinajstić information content (AvgIpc) is 2.36.